The largest absolute Gasteiger partial charge is 0.335 e. The Labute approximate surface area is 98.2 Å². The number of hydrogen-bond donors (Lipinski definition) is 1. The minimum atomic E-state index is -0.747. The molecular weight excluding hydrogens is 226 g/mol. The van der Waals surface area contributed by atoms with Crippen LogP contribution in [0.25, 0.3) is 0 Å². The summed E-state index contributed by atoms with van der Waals surface area (Å²) in [5.74, 6) is -1.87. The van der Waals surface area contributed by atoms with E-state index < -0.39 is 11.6 Å². The lowest BCUT2D eigenvalue weighted by atomic mass is 9.88. The average molecular weight is 240 g/mol. The summed E-state index contributed by atoms with van der Waals surface area (Å²) in [6.07, 6.45) is 0.772. The monoisotopic (exact) mass is 240 g/mol. The molecule has 0 spiro atoms. The Morgan fingerprint density at radius 2 is 1.88 bits per heavy atom. The molecule has 5 heteroatoms. The zero-order chi connectivity index (χ0) is 12.6. The van der Waals surface area contributed by atoms with Crippen LogP contribution >= 0.6 is 0 Å². The highest BCUT2D eigenvalue weighted by atomic mass is 19.1. The van der Waals surface area contributed by atoms with Crippen molar-refractivity contribution < 1.29 is 13.6 Å². The molecule has 0 bridgehead atoms. The SMILES string of the molecule is CCC1(N)CN(C(=O)c2cc(F)cc(F)c2)C1. The summed E-state index contributed by atoms with van der Waals surface area (Å²) in [5, 5.41) is 0. The van der Waals surface area contributed by atoms with E-state index in [1.54, 1.807) is 0 Å². The molecule has 17 heavy (non-hydrogen) atoms. The summed E-state index contributed by atoms with van der Waals surface area (Å²) in [5.41, 5.74) is 5.61. The van der Waals surface area contributed by atoms with Gasteiger partial charge in [-0.15, -0.1) is 0 Å². The Morgan fingerprint density at radius 1 is 1.35 bits per heavy atom. The molecule has 1 aromatic carbocycles. The van der Waals surface area contributed by atoms with Crippen LogP contribution in [-0.4, -0.2) is 29.4 Å². The lowest BCUT2D eigenvalue weighted by molar-refractivity contribution is 0.0400. The number of nitrogens with two attached hydrogens (primary N) is 1. The molecule has 0 atom stereocenters. The van der Waals surface area contributed by atoms with Gasteiger partial charge in [-0.3, -0.25) is 4.79 Å². The van der Waals surface area contributed by atoms with Crippen molar-refractivity contribution in [2.45, 2.75) is 18.9 Å². The lowest BCUT2D eigenvalue weighted by Gasteiger charge is -2.47. The second-order valence-electron chi connectivity index (χ2n) is 4.54. The molecule has 1 aliphatic rings. The van der Waals surface area contributed by atoms with Gasteiger partial charge in [0.25, 0.3) is 5.91 Å². The first-order valence-electron chi connectivity index (χ1n) is 5.48. The standard InChI is InChI=1S/C12H14F2N2O/c1-2-12(15)6-16(7-12)11(17)8-3-9(13)5-10(14)4-8/h3-5H,2,6-7,15H2,1H3. The molecule has 2 N–H and O–H groups in total. The molecule has 92 valence electrons. The highest BCUT2D eigenvalue weighted by Gasteiger charge is 2.40. The van der Waals surface area contributed by atoms with Gasteiger partial charge < -0.3 is 10.6 Å². The molecule has 1 aromatic rings. The summed E-state index contributed by atoms with van der Waals surface area (Å²) in [7, 11) is 0. The zero-order valence-electron chi connectivity index (χ0n) is 9.54. The lowest BCUT2D eigenvalue weighted by Crippen LogP contribution is -2.68. The quantitative estimate of drug-likeness (QED) is 0.852. The molecule has 0 radical (unpaired) electrons. The summed E-state index contributed by atoms with van der Waals surface area (Å²) in [4.78, 5) is 13.4. The highest BCUT2D eigenvalue weighted by molar-refractivity contribution is 5.95. The van der Waals surface area contributed by atoms with Gasteiger partial charge in [0.05, 0.1) is 5.54 Å². The Hall–Kier alpha value is -1.49. The summed E-state index contributed by atoms with van der Waals surface area (Å²) in [6.45, 7) is 2.81. The van der Waals surface area contributed by atoms with Crippen molar-refractivity contribution in [2.24, 2.45) is 5.73 Å². The summed E-state index contributed by atoms with van der Waals surface area (Å²) < 4.78 is 25.9. The van der Waals surface area contributed by atoms with Crippen LogP contribution in [0.3, 0.4) is 0 Å². The number of nitrogens with zero attached hydrogens (tertiary/aromatic N) is 1. The number of halogens is 2. The van der Waals surface area contributed by atoms with E-state index >= 15 is 0 Å². The van der Waals surface area contributed by atoms with Crippen LogP contribution in [0.1, 0.15) is 23.7 Å². The smallest absolute Gasteiger partial charge is 0.254 e. The van der Waals surface area contributed by atoms with Crippen LogP contribution in [0.5, 0.6) is 0 Å². The van der Waals surface area contributed by atoms with E-state index in [0.717, 1.165) is 24.6 Å². The molecule has 1 amide bonds. The van der Waals surface area contributed by atoms with E-state index in [2.05, 4.69) is 0 Å². The van der Waals surface area contributed by atoms with E-state index in [9.17, 15) is 13.6 Å². The maximum absolute atomic E-state index is 13.0. The van der Waals surface area contributed by atoms with Crippen molar-refractivity contribution in [3.63, 3.8) is 0 Å². The van der Waals surface area contributed by atoms with Crippen molar-refractivity contribution in [1.29, 1.82) is 0 Å². The molecule has 0 saturated carbocycles. The fourth-order valence-corrected chi connectivity index (χ4v) is 1.94. The molecule has 2 rings (SSSR count). The Bertz CT molecular complexity index is 436. The van der Waals surface area contributed by atoms with E-state index in [0.29, 0.717) is 13.1 Å². The minimum Gasteiger partial charge on any atom is -0.335 e. The number of carbonyl (C=O) groups excluding carboxylic acids is 1. The van der Waals surface area contributed by atoms with Gasteiger partial charge >= 0.3 is 0 Å². The van der Waals surface area contributed by atoms with Crippen molar-refractivity contribution >= 4 is 5.91 Å². The molecule has 3 nitrogen and oxygen atoms in total. The van der Waals surface area contributed by atoms with Crippen LogP contribution in [0.4, 0.5) is 8.78 Å². The van der Waals surface area contributed by atoms with E-state index in [1.807, 2.05) is 6.92 Å². The minimum absolute atomic E-state index is 0.0284. The fourth-order valence-electron chi connectivity index (χ4n) is 1.94. The summed E-state index contributed by atoms with van der Waals surface area (Å²) in [6, 6.07) is 2.81. The van der Waals surface area contributed by atoms with Gasteiger partial charge in [0.2, 0.25) is 0 Å². The predicted molar refractivity (Wildman–Crippen MR) is 59.5 cm³/mol. The van der Waals surface area contributed by atoms with Crippen molar-refractivity contribution in [2.75, 3.05) is 13.1 Å². The maximum atomic E-state index is 13.0. The van der Waals surface area contributed by atoms with Gasteiger partial charge in [0.1, 0.15) is 11.6 Å². The number of carbonyl (C=O) groups is 1. The summed E-state index contributed by atoms with van der Waals surface area (Å²) >= 11 is 0. The Kier molecular flexibility index (Phi) is 2.87. The molecular formula is C12H14F2N2O. The van der Waals surface area contributed by atoms with Gasteiger partial charge in [-0.1, -0.05) is 6.92 Å². The molecule has 1 saturated heterocycles. The molecule has 0 aliphatic carbocycles. The van der Waals surface area contributed by atoms with Crippen LogP contribution in [0, 0.1) is 11.6 Å². The highest BCUT2D eigenvalue weighted by Crippen LogP contribution is 2.23. The zero-order valence-corrected chi connectivity index (χ0v) is 9.54. The van der Waals surface area contributed by atoms with Crippen LogP contribution in [-0.2, 0) is 0 Å². The second kappa shape index (κ2) is 4.07. The van der Waals surface area contributed by atoms with E-state index in [4.69, 9.17) is 5.73 Å². The van der Waals surface area contributed by atoms with E-state index in [-0.39, 0.29) is 17.0 Å². The van der Waals surface area contributed by atoms with Gasteiger partial charge in [0, 0.05) is 24.7 Å². The normalized spacial score (nSPS) is 17.8. The number of hydrogen-bond acceptors (Lipinski definition) is 2. The van der Waals surface area contributed by atoms with Crippen molar-refractivity contribution in [3.05, 3.63) is 35.4 Å². The second-order valence-corrected chi connectivity index (χ2v) is 4.54. The molecule has 1 aliphatic heterocycles. The third-order valence-corrected chi connectivity index (χ3v) is 3.11. The predicted octanol–water partition coefficient (Wildman–Crippen LogP) is 1.53. The first kappa shape index (κ1) is 12.0. The number of rotatable bonds is 2. The number of likely N-dealkylation sites (tertiary alicyclic amines) is 1. The third-order valence-electron chi connectivity index (χ3n) is 3.11. The fraction of sp³-hybridized carbons (Fsp3) is 0.417. The first-order valence-corrected chi connectivity index (χ1v) is 5.48. The third kappa shape index (κ3) is 2.29. The molecule has 0 unspecified atom stereocenters. The Morgan fingerprint density at radius 3 is 2.35 bits per heavy atom. The maximum Gasteiger partial charge on any atom is 0.254 e. The molecule has 1 fully saturated rings. The number of amides is 1. The molecule has 0 aromatic heterocycles. The van der Waals surface area contributed by atoms with Crippen LogP contribution in [0.2, 0.25) is 0 Å². The van der Waals surface area contributed by atoms with Crippen LogP contribution < -0.4 is 5.73 Å². The molecule has 1 heterocycles. The Balaban J connectivity index is 2.11. The topological polar surface area (TPSA) is 46.3 Å². The van der Waals surface area contributed by atoms with E-state index in [1.165, 1.54) is 4.90 Å². The number of benzene rings is 1. The van der Waals surface area contributed by atoms with Crippen molar-refractivity contribution in [3.8, 4) is 0 Å². The van der Waals surface area contributed by atoms with Gasteiger partial charge in [-0.25, -0.2) is 8.78 Å². The first-order chi connectivity index (χ1) is 7.93. The van der Waals surface area contributed by atoms with Gasteiger partial charge in [-0.2, -0.15) is 0 Å². The van der Waals surface area contributed by atoms with Crippen molar-refractivity contribution in [1.82, 2.24) is 4.90 Å². The van der Waals surface area contributed by atoms with Crippen LogP contribution in [0.15, 0.2) is 18.2 Å². The average Bonchev–Trinajstić information content (AvgIpc) is 2.22. The van der Waals surface area contributed by atoms with Gasteiger partial charge in [0.15, 0.2) is 0 Å². The van der Waals surface area contributed by atoms with Gasteiger partial charge in [-0.05, 0) is 18.6 Å².